The number of hydrogen-bond acceptors (Lipinski definition) is 5. The molecule has 0 spiro atoms. The minimum absolute atomic E-state index is 0.561. The number of hydrogen-bond donors (Lipinski definition) is 1. The predicted octanol–water partition coefficient (Wildman–Crippen LogP) is 1.41. The van der Waals surface area contributed by atoms with Gasteiger partial charge in [0.25, 0.3) is 0 Å². The molecule has 0 bridgehead atoms. The number of rotatable bonds is 1. The Morgan fingerprint density at radius 3 is 3.18 bits per heavy atom. The van der Waals surface area contributed by atoms with E-state index in [0.717, 1.165) is 23.0 Å². The maximum atomic E-state index is 9.75. The van der Waals surface area contributed by atoms with Crippen molar-refractivity contribution >= 4 is 41.9 Å². The Kier molecular flexibility index (Phi) is 2.69. The fourth-order valence-corrected chi connectivity index (χ4v) is 3.28. The third-order valence-corrected chi connectivity index (χ3v) is 4.23. The first-order valence-electron chi connectivity index (χ1n) is 5.29. The quantitative estimate of drug-likeness (QED) is 0.626. The molecule has 0 unspecified atom stereocenters. The lowest BCUT2D eigenvalue weighted by molar-refractivity contribution is 0.569. The third-order valence-electron chi connectivity index (χ3n) is 2.72. The summed E-state index contributed by atoms with van der Waals surface area (Å²) in [5, 5.41) is 14.4. The SMILES string of the molecule is CB(O)N1CCSc2c1nc1ccnn1c2Cl. The Morgan fingerprint density at radius 2 is 2.41 bits per heavy atom. The smallest absolute Gasteiger partial charge is 0.410 e. The molecular weight excluding hydrogens is 258 g/mol. The van der Waals surface area contributed by atoms with Crippen molar-refractivity contribution in [1.82, 2.24) is 14.6 Å². The Morgan fingerprint density at radius 1 is 1.59 bits per heavy atom. The maximum absolute atomic E-state index is 9.75. The van der Waals surface area contributed by atoms with Gasteiger partial charge in [-0.05, 0) is 6.82 Å². The van der Waals surface area contributed by atoms with Crippen LogP contribution in [0.25, 0.3) is 5.65 Å². The zero-order valence-electron chi connectivity index (χ0n) is 9.17. The van der Waals surface area contributed by atoms with Gasteiger partial charge in [-0.15, -0.1) is 11.8 Å². The molecule has 1 aliphatic rings. The van der Waals surface area contributed by atoms with Crippen LogP contribution in [0.1, 0.15) is 0 Å². The van der Waals surface area contributed by atoms with Gasteiger partial charge in [0.05, 0.1) is 11.1 Å². The topological polar surface area (TPSA) is 53.7 Å². The monoisotopic (exact) mass is 268 g/mol. The number of fused-ring (bicyclic) bond motifs is 2. The molecule has 0 fully saturated rings. The fourth-order valence-electron chi connectivity index (χ4n) is 1.91. The van der Waals surface area contributed by atoms with Crippen molar-refractivity contribution in [3.05, 3.63) is 17.4 Å². The second-order valence-electron chi connectivity index (χ2n) is 3.83. The van der Waals surface area contributed by atoms with Crippen LogP contribution in [0, 0.1) is 0 Å². The summed E-state index contributed by atoms with van der Waals surface area (Å²) in [6, 6.07) is 1.80. The summed E-state index contributed by atoms with van der Waals surface area (Å²) in [6.07, 6.45) is 1.66. The first-order valence-corrected chi connectivity index (χ1v) is 6.65. The third kappa shape index (κ3) is 1.69. The van der Waals surface area contributed by atoms with Crippen LogP contribution >= 0.6 is 23.4 Å². The van der Waals surface area contributed by atoms with Crippen LogP contribution in [0.4, 0.5) is 5.82 Å². The standard InChI is InChI=1S/C9H10BClN4OS/c1-10(16)14-4-5-17-7-8(11)15-6(2-3-12-15)13-9(7)14/h2-3,16H,4-5H2,1H3. The maximum Gasteiger partial charge on any atom is 0.410 e. The molecule has 0 aromatic carbocycles. The average molecular weight is 269 g/mol. The van der Waals surface area contributed by atoms with Crippen LogP contribution in [-0.4, -0.2) is 39.0 Å². The second-order valence-corrected chi connectivity index (χ2v) is 5.29. The van der Waals surface area contributed by atoms with Crippen molar-refractivity contribution in [3.8, 4) is 0 Å². The van der Waals surface area contributed by atoms with E-state index < -0.39 is 7.05 Å². The highest BCUT2D eigenvalue weighted by atomic mass is 35.5. The molecule has 0 saturated carbocycles. The van der Waals surface area contributed by atoms with Crippen molar-refractivity contribution in [2.24, 2.45) is 0 Å². The first kappa shape index (κ1) is 11.2. The van der Waals surface area contributed by atoms with Crippen LogP contribution in [0.15, 0.2) is 17.2 Å². The van der Waals surface area contributed by atoms with Crippen LogP contribution in [0.5, 0.6) is 0 Å². The van der Waals surface area contributed by atoms with E-state index >= 15 is 0 Å². The van der Waals surface area contributed by atoms with Crippen LogP contribution in [0.3, 0.4) is 0 Å². The minimum Gasteiger partial charge on any atom is -0.432 e. The molecule has 3 rings (SSSR count). The molecule has 0 atom stereocenters. The van der Waals surface area contributed by atoms with Crippen molar-refractivity contribution in [2.45, 2.75) is 11.7 Å². The summed E-state index contributed by atoms with van der Waals surface area (Å²) in [5.41, 5.74) is 0.696. The van der Waals surface area contributed by atoms with E-state index in [1.807, 2.05) is 4.81 Å². The normalized spacial score (nSPS) is 15.1. The lowest BCUT2D eigenvalue weighted by Crippen LogP contribution is -2.41. The molecule has 0 aliphatic carbocycles. The summed E-state index contributed by atoms with van der Waals surface area (Å²) in [7, 11) is -0.566. The van der Waals surface area contributed by atoms with Gasteiger partial charge in [-0.3, -0.25) is 0 Å². The summed E-state index contributed by atoms with van der Waals surface area (Å²) in [4.78, 5) is 7.24. The second kappa shape index (κ2) is 4.08. The van der Waals surface area contributed by atoms with Crippen molar-refractivity contribution in [1.29, 1.82) is 0 Å². The van der Waals surface area contributed by atoms with Gasteiger partial charge in [-0.2, -0.15) is 5.10 Å². The van der Waals surface area contributed by atoms with E-state index in [1.54, 1.807) is 35.4 Å². The molecule has 5 nitrogen and oxygen atoms in total. The van der Waals surface area contributed by atoms with Gasteiger partial charge < -0.3 is 9.83 Å². The average Bonchev–Trinajstić information content (AvgIpc) is 2.77. The minimum atomic E-state index is -0.566. The highest BCUT2D eigenvalue weighted by Crippen LogP contribution is 2.38. The molecule has 0 saturated heterocycles. The molecule has 1 N–H and O–H groups in total. The Hall–Kier alpha value is -0.915. The van der Waals surface area contributed by atoms with E-state index in [0.29, 0.717) is 10.8 Å². The summed E-state index contributed by atoms with van der Waals surface area (Å²) in [6.45, 7) is 2.50. The first-order chi connectivity index (χ1) is 8.18. The van der Waals surface area contributed by atoms with Crippen LogP contribution < -0.4 is 4.81 Å². The molecule has 17 heavy (non-hydrogen) atoms. The number of anilines is 1. The van der Waals surface area contributed by atoms with Gasteiger partial charge in [-0.1, -0.05) is 11.6 Å². The zero-order chi connectivity index (χ0) is 12.0. The van der Waals surface area contributed by atoms with E-state index in [4.69, 9.17) is 11.6 Å². The molecule has 88 valence electrons. The highest BCUT2D eigenvalue weighted by Gasteiger charge is 2.28. The lowest BCUT2D eigenvalue weighted by Gasteiger charge is -2.30. The van der Waals surface area contributed by atoms with E-state index in [9.17, 15) is 5.02 Å². The lowest BCUT2D eigenvalue weighted by atomic mass is 9.85. The molecule has 2 aromatic heterocycles. The van der Waals surface area contributed by atoms with E-state index in [1.165, 1.54) is 0 Å². The summed E-state index contributed by atoms with van der Waals surface area (Å²) in [5.74, 6) is 1.63. The molecule has 0 radical (unpaired) electrons. The van der Waals surface area contributed by atoms with Crippen molar-refractivity contribution in [2.75, 3.05) is 17.1 Å². The van der Waals surface area contributed by atoms with Gasteiger partial charge in [-0.25, -0.2) is 9.50 Å². The van der Waals surface area contributed by atoms with Crippen LogP contribution in [-0.2, 0) is 0 Å². The number of aromatic nitrogens is 3. The highest BCUT2D eigenvalue weighted by molar-refractivity contribution is 7.99. The molecule has 8 heteroatoms. The molecule has 2 aromatic rings. The van der Waals surface area contributed by atoms with E-state index in [-0.39, 0.29) is 0 Å². The predicted molar refractivity (Wildman–Crippen MR) is 69.9 cm³/mol. The van der Waals surface area contributed by atoms with Gasteiger partial charge in [0.1, 0.15) is 11.0 Å². The van der Waals surface area contributed by atoms with Gasteiger partial charge in [0, 0.05) is 18.4 Å². The number of thioether (sulfide) groups is 1. The molecule has 3 heterocycles. The van der Waals surface area contributed by atoms with Crippen LogP contribution in [0.2, 0.25) is 12.0 Å². The molecule has 1 aliphatic heterocycles. The molecular formula is C9H10BClN4OS. The van der Waals surface area contributed by atoms with Gasteiger partial charge >= 0.3 is 7.05 Å². The summed E-state index contributed by atoms with van der Waals surface area (Å²) >= 11 is 7.95. The molecule has 0 amide bonds. The van der Waals surface area contributed by atoms with Gasteiger partial charge in [0.15, 0.2) is 5.65 Å². The number of nitrogens with zero attached hydrogens (tertiary/aromatic N) is 4. The van der Waals surface area contributed by atoms with Crippen molar-refractivity contribution < 1.29 is 5.02 Å². The Bertz CT molecular complexity index is 575. The van der Waals surface area contributed by atoms with Crippen molar-refractivity contribution in [3.63, 3.8) is 0 Å². The van der Waals surface area contributed by atoms with Gasteiger partial charge in [0.2, 0.25) is 0 Å². The Balaban J connectivity index is 2.25. The summed E-state index contributed by atoms with van der Waals surface area (Å²) < 4.78 is 1.61. The fraction of sp³-hybridized carbons (Fsp3) is 0.333. The Labute approximate surface area is 108 Å². The largest absolute Gasteiger partial charge is 0.432 e. The number of halogens is 1. The zero-order valence-corrected chi connectivity index (χ0v) is 10.7. The van der Waals surface area contributed by atoms with E-state index in [2.05, 4.69) is 10.1 Å².